The van der Waals surface area contributed by atoms with Gasteiger partial charge in [-0.3, -0.25) is 0 Å². The van der Waals surface area contributed by atoms with Crippen LogP contribution in [0.4, 0.5) is 0 Å². The van der Waals surface area contributed by atoms with Crippen molar-refractivity contribution in [3.05, 3.63) is 82.5 Å². The highest BCUT2D eigenvalue weighted by molar-refractivity contribution is 5.55. The average molecular weight is 264 g/mol. The van der Waals surface area contributed by atoms with Crippen LogP contribution < -0.4 is 0 Å². The second kappa shape index (κ2) is 6.56. The molecule has 0 N–H and O–H groups in total. The normalized spacial score (nSPS) is 31.2. The second-order valence-electron chi connectivity index (χ2n) is 5.24. The van der Waals surface area contributed by atoms with Gasteiger partial charge in [-0.25, -0.2) is 0 Å². The van der Waals surface area contributed by atoms with E-state index < -0.39 is 0 Å². The van der Waals surface area contributed by atoms with Crippen molar-refractivity contribution in [1.82, 2.24) is 0 Å². The fraction of sp³-hybridized carbons (Fsp3) is 0.300. The molecule has 0 spiro atoms. The molecule has 0 aromatic rings. The van der Waals surface area contributed by atoms with E-state index in [-0.39, 0.29) is 0 Å². The number of hydrogen-bond acceptors (Lipinski definition) is 0. The van der Waals surface area contributed by atoms with Crippen molar-refractivity contribution >= 4 is 0 Å². The molecule has 2 bridgehead atoms. The Morgan fingerprint density at radius 2 is 1.80 bits per heavy atom. The Bertz CT molecular complexity index is 584. The molecule has 0 heterocycles. The van der Waals surface area contributed by atoms with Crippen LogP contribution in [0.5, 0.6) is 0 Å². The summed E-state index contributed by atoms with van der Waals surface area (Å²) < 4.78 is 0. The maximum absolute atomic E-state index is 2.37. The Labute approximate surface area is 123 Å². The first kappa shape index (κ1) is 14.6. The van der Waals surface area contributed by atoms with E-state index >= 15 is 0 Å². The van der Waals surface area contributed by atoms with Gasteiger partial charge in [0.2, 0.25) is 0 Å². The lowest BCUT2D eigenvalue weighted by molar-refractivity contribution is 0.909. The summed E-state index contributed by atoms with van der Waals surface area (Å²) in [6.07, 6.45) is 21.3. The van der Waals surface area contributed by atoms with Gasteiger partial charge in [-0.05, 0) is 42.6 Å². The molecule has 3 aliphatic carbocycles. The number of hydrogen-bond donors (Lipinski definition) is 0. The summed E-state index contributed by atoms with van der Waals surface area (Å²) in [4.78, 5) is 0. The smallest absolute Gasteiger partial charge is 0.0280 e. The highest BCUT2D eigenvalue weighted by Gasteiger charge is 2.20. The zero-order valence-corrected chi connectivity index (χ0v) is 13.0. The van der Waals surface area contributed by atoms with Gasteiger partial charge in [0.1, 0.15) is 0 Å². The Balaban J connectivity index is 0.000000704. The molecule has 1 atom stereocenters. The molecule has 0 heteroatoms. The Kier molecular flexibility index (Phi) is 4.79. The zero-order chi connectivity index (χ0) is 14.5. The van der Waals surface area contributed by atoms with Crippen molar-refractivity contribution in [1.29, 1.82) is 0 Å². The topological polar surface area (TPSA) is 0 Å². The molecular weight excluding hydrogens is 240 g/mol. The maximum atomic E-state index is 2.37. The lowest BCUT2D eigenvalue weighted by Gasteiger charge is -2.25. The third kappa shape index (κ3) is 3.01. The Morgan fingerprint density at radius 1 is 1.00 bits per heavy atom. The summed E-state index contributed by atoms with van der Waals surface area (Å²) in [5, 5.41) is 0. The van der Waals surface area contributed by atoms with Crippen LogP contribution in [-0.2, 0) is 0 Å². The summed E-state index contributed by atoms with van der Waals surface area (Å²) in [5.74, 6) is 0.432. The lowest BCUT2D eigenvalue weighted by Crippen LogP contribution is -2.10. The van der Waals surface area contributed by atoms with Crippen molar-refractivity contribution in [2.75, 3.05) is 0 Å². The molecule has 0 saturated heterocycles. The molecule has 1 unspecified atom stereocenters. The minimum Gasteiger partial charge on any atom is -0.0799 e. The van der Waals surface area contributed by atoms with Crippen molar-refractivity contribution in [3.8, 4) is 0 Å². The number of rotatable bonds is 0. The molecule has 0 aromatic heterocycles. The molecule has 0 nitrogen and oxygen atoms in total. The van der Waals surface area contributed by atoms with E-state index in [9.17, 15) is 0 Å². The highest BCUT2D eigenvalue weighted by Crippen LogP contribution is 2.35. The molecule has 0 aromatic carbocycles. The van der Waals surface area contributed by atoms with E-state index in [1.165, 1.54) is 27.9 Å². The molecule has 20 heavy (non-hydrogen) atoms. The summed E-state index contributed by atoms with van der Waals surface area (Å²) >= 11 is 0. The van der Waals surface area contributed by atoms with Gasteiger partial charge in [-0.2, -0.15) is 0 Å². The van der Waals surface area contributed by atoms with Crippen LogP contribution in [-0.4, -0.2) is 0 Å². The summed E-state index contributed by atoms with van der Waals surface area (Å²) in [7, 11) is 0. The summed E-state index contributed by atoms with van der Waals surface area (Å²) in [6.45, 7) is 8.43. The predicted octanol–water partition coefficient (Wildman–Crippen LogP) is 5.84. The third-order valence-corrected chi connectivity index (χ3v) is 3.75. The van der Waals surface area contributed by atoms with Gasteiger partial charge in [0.25, 0.3) is 0 Å². The van der Waals surface area contributed by atoms with E-state index in [0.717, 1.165) is 6.42 Å². The van der Waals surface area contributed by atoms with Gasteiger partial charge in [0.15, 0.2) is 0 Å². The van der Waals surface area contributed by atoms with Crippen molar-refractivity contribution in [2.24, 2.45) is 5.92 Å². The summed E-state index contributed by atoms with van der Waals surface area (Å²) in [6, 6.07) is 0. The van der Waals surface area contributed by atoms with Crippen molar-refractivity contribution in [3.63, 3.8) is 0 Å². The molecule has 0 saturated carbocycles. The van der Waals surface area contributed by atoms with Gasteiger partial charge >= 0.3 is 0 Å². The SMILES string of the molecule is CC.CC1=C2\C=CC=C3C=CC(=CC32)/C=C\C\C(C)=C\1. The monoisotopic (exact) mass is 264 g/mol. The zero-order valence-electron chi connectivity index (χ0n) is 13.0. The average Bonchev–Trinajstić information content (AvgIpc) is 2.48. The molecule has 3 aliphatic rings. The quantitative estimate of drug-likeness (QED) is 0.515. The van der Waals surface area contributed by atoms with E-state index in [1.807, 2.05) is 13.8 Å². The highest BCUT2D eigenvalue weighted by atomic mass is 14.2. The lowest BCUT2D eigenvalue weighted by atomic mass is 9.79. The first-order valence-corrected chi connectivity index (χ1v) is 7.57. The fourth-order valence-electron chi connectivity index (χ4n) is 2.82. The fourth-order valence-corrected chi connectivity index (χ4v) is 2.82. The minimum atomic E-state index is 0.432. The molecule has 0 radical (unpaired) electrons. The molecule has 0 fully saturated rings. The minimum absolute atomic E-state index is 0.432. The molecule has 0 amide bonds. The van der Waals surface area contributed by atoms with Gasteiger partial charge in [0.05, 0.1) is 0 Å². The molecule has 0 aliphatic heterocycles. The van der Waals surface area contributed by atoms with Crippen molar-refractivity contribution in [2.45, 2.75) is 34.1 Å². The Hall–Kier alpha value is -1.82. The molecular formula is C20H24. The van der Waals surface area contributed by atoms with Crippen molar-refractivity contribution < 1.29 is 0 Å². The molecule has 3 rings (SSSR count). The number of allylic oxidation sites excluding steroid dienone is 14. The van der Waals surface area contributed by atoms with Gasteiger partial charge < -0.3 is 0 Å². The maximum Gasteiger partial charge on any atom is 0.0280 e. The van der Waals surface area contributed by atoms with Crippen LogP contribution in [0.25, 0.3) is 0 Å². The van der Waals surface area contributed by atoms with Gasteiger partial charge in [0, 0.05) is 5.92 Å². The predicted molar refractivity (Wildman–Crippen MR) is 89.5 cm³/mol. The second-order valence-corrected chi connectivity index (χ2v) is 5.24. The first-order valence-electron chi connectivity index (χ1n) is 7.57. The Morgan fingerprint density at radius 3 is 2.60 bits per heavy atom. The van der Waals surface area contributed by atoms with Crippen LogP contribution in [0.1, 0.15) is 34.1 Å². The largest absolute Gasteiger partial charge is 0.0799 e. The molecule has 104 valence electrons. The van der Waals surface area contributed by atoms with E-state index in [1.54, 1.807) is 0 Å². The standard InChI is InChI=1S/C18H18.C2H6/c1-13-5-3-6-15-9-10-16-7-4-8-17(14(2)11-13)18(16)12-15;1-2/h3-4,6-12,18H,5H2,1-2H3;1-2H3/b6-3-,13-11+,17-14-;. The van der Waals surface area contributed by atoms with Crippen LogP contribution in [0, 0.1) is 5.92 Å². The van der Waals surface area contributed by atoms with Crippen LogP contribution in [0.3, 0.4) is 0 Å². The van der Waals surface area contributed by atoms with E-state index in [2.05, 4.69) is 68.5 Å². The van der Waals surface area contributed by atoms with E-state index in [4.69, 9.17) is 0 Å². The van der Waals surface area contributed by atoms with Gasteiger partial charge in [-0.15, -0.1) is 0 Å². The van der Waals surface area contributed by atoms with Crippen LogP contribution >= 0.6 is 0 Å². The van der Waals surface area contributed by atoms with Gasteiger partial charge in [-0.1, -0.05) is 74.1 Å². The summed E-state index contributed by atoms with van der Waals surface area (Å²) in [5.41, 5.74) is 6.97. The van der Waals surface area contributed by atoms with Crippen LogP contribution in [0.2, 0.25) is 0 Å². The third-order valence-electron chi connectivity index (χ3n) is 3.75. The van der Waals surface area contributed by atoms with Crippen LogP contribution in [0.15, 0.2) is 82.5 Å². The first-order chi connectivity index (χ1) is 9.74. The van der Waals surface area contributed by atoms with E-state index in [0.29, 0.717) is 5.92 Å².